The Morgan fingerprint density at radius 2 is 2.00 bits per heavy atom. The number of aliphatic carboxylic acids is 1. The van der Waals surface area contributed by atoms with Crippen LogP contribution in [0, 0.1) is 13.8 Å². The molecule has 122 valence electrons. The fraction of sp³-hybridized carbons (Fsp3) is 0.353. The van der Waals surface area contributed by atoms with Crippen molar-refractivity contribution in [1.29, 1.82) is 0 Å². The first kappa shape index (κ1) is 16.7. The predicted octanol–water partition coefficient (Wildman–Crippen LogP) is 2.55. The van der Waals surface area contributed by atoms with E-state index < -0.39 is 11.9 Å². The van der Waals surface area contributed by atoms with Crippen molar-refractivity contribution in [3.05, 3.63) is 35.0 Å². The number of benzene rings is 1. The zero-order valence-corrected chi connectivity index (χ0v) is 13.7. The number of likely N-dealkylation sites (N-methyl/N-ethyl adjacent to an activating group) is 1. The van der Waals surface area contributed by atoms with Crippen LogP contribution in [-0.2, 0) is 9.53 Å². The van der Waals surface area contributed by atoms with E-state index in [4.69, 9.17) is 9.84 Å². The lowest BCUT2D eigenvalue weighted by atomic mass is 10.0. The molecule has 0 fully saturated rings. The van der Waals surface area contributed by atoms with Gasteiger partial charge < -0.3 is 14.7 Å². The van der Waals surface area contributed by atoms with E-state index in [0.717, 1.165) is 22.0 Å². The topological polar surface area (TPSA) is 79.7 Å². The molecule has 0 aliphatic carbocycles. The van der Waals surface area contributed by atoms with Crippen molar-refractivity contribution in [1.82, 2.24) is 4.98 Å². The van der Waals surface area contributed by atoms with Gasteiger partial charge in [-0.3, -0.25) is 9.78 Å². The highest BCUT2D eigenvalue weighted by Gasteiger charge is 2.21. The van der Waals surface area contributed by atoms with Gasteiger partial charge in [0.2, 0.25) is 0 Å². The third-order valence-electron chi connectivity index (χ3n) is 3.53. The molecule has 1 heterocycles. The molecule has 1 aromatic carbocycles. The largest absolute Gasteiger partial charge is 0.480 e. The number of rotatable bonds is 5. The van der Waals surface area contributed by atoms with E-state index in [1.807, 2.05) is 26.0 Å². The number of aromatic nitrogens is 1. The molecule has 0 saturated heterocycles. The molecule has 0 radical (unpaired) electrons. The number of aryl methyl sites for hydroxylation is 2. The SMILES string of the molecule is CCOC(=O)c1cnc2c(C)cc(C)cc2c1N(C)CC(=O)O. The van der Waals surface area contributed by atoms with E-state index >= 15 is 0 Å². The summed E-state index contributed by atoms with van der Waals surface area (Å²) in [7, 11) is 1.64. The molecule has 0 aliphatic heterocycles. The lowest BCUT2D eigenvalue weighted by molar-refractivity contribution is -0.135. The van der Waals surface area contributed by atoms with Crippen LogP contribution in [0.25, 0.3) is 10.9 Å². The van der Waals surface area contributed by atoms with E-state index in [0.29, 0.717) is 5.69 Å². The molecule has 0 unspecified atom stereocenters. The molecule has 0 spiro atoms. The Kier molecular flexibility index (Phi) is 4.83. The Bertz CT molecular complexity index is 771. The molecule has 1 N–H and O–H groups in total. The van der Waals surface area contributed by atoms with Crippen LogP contribution in [0.15, 0.2) is 18.3 Å². The summed E-state index contributed by atoms with van der Waals surface area (Å²) in [5.74, 6) is -1.48. The first-order valence-corrected chi connectivity index (χ1v) is 7.35. The molecule has 23 heavy (non-hydrogen) atoms. The molecular formula is C17H20N2O4. The van der Waals surface area contributed by atoms with E-state index in [2.05, 4.69) is 4.98 Å². The summed E-state index contributed by atoms with van der Waals surface area (Å²) in [6, 6.07) is 3.91. The van der Waals surface area contributed by atoms with Gasteiger partial charge in [-0.1, -0.05) is 11.6 Å². The number of hydrogen-bond acceptors (Lipinski definition) is 5. The van der Waals surface area contributed by atoms with Crippen molar-refractivity contribution in [2.45, 2.75) is 20.8 Å². The smallest absolute Gasteiger partial charge is 0.341 e. The number of pyridine rings is 1. The van der Waals surface area contributed by atoms with Gasteiger partial charge in [-0.15, -0.1) is 0 Å². The highest BCUT2D eigenvalue weighted by atomic mass is 16.5. The second-order valence-corrected chi connectivity index (χ2v) is 5.47. The summed E-state index contributed by atoms with van der Waals surface area (Å²) >= 11 is 0. The van der Waals surface area contributed by atoms with Gasteiger partial charge in [-0.25, -0.2) is 4.79 Å². The van der Waals surface area contributed by atoms with Gasteiger partial charge in [0.05, 0.1) is 17.8 Å². The number of carboxylic acids is 1. The zero-order chi connectivity index (χ0) is 17.1. The Morgan fingerprint density at radius 3 is 2.61 bits per heavy atom. The molecule has 2 rings (SSSR count). The van der Waals surface area contributed by atoms with Crippen LogP contribution in [0.4, 0.5) is 5.69 Å². The quantitative estimate of drug-likeness (QED) is 0.854. The van der Waals surface area contributed by atoms with Gasteiger partial charge in [0.25, 0.3) is 0 Å². The number of carbonyl (C=O) groups is 2. The highest BCUT2D eigenvalue weighted by Crippen LogP contribution is 2.32. The minimum Gasteiger partial charge on any atom is -0.480 e. The summed E-state index contributed by atoms with van der Waals surface area (Å²) in [5.41, 5.74) is 3.54. The predicted molar refractivity (Wildman–Crippen MR) is 88.1 cm³/mol. The monoisotopic (exact) mass is 316 g/mol. The molecule has 0 amide bonds. The second kappa shape index (κ2) is 6.64. The second-order valence-electron chi connectivity index (χ2n) is 5.47. The van der Waals surface area contributed by atoms with Gasteiger partial charge >= 0.3 is 11.9 Å². The van der Waals surface area contributed by atoms with Crippen molar-refractivity contribution in [2.24, 2.45) is 0 Å². The highest BCUT2D eigenvalue weighted by molar-refractivity contribution is 6.06. The first-order chi connectivity index (χ1) is 10.8. The van der Waals surface area contributed by atoms with Crippen molar-refractivity contribution in [2.75, 3.05) is 25.1 Å². The maximum atomic E-state index is 12.2. The van der Waals surface area contributed by atoms with Crippen LogP contribution in [0.5, 0.6) is 0 Å². The Morgan fingerprint density at radius 1 is 1.30 bits per heavy atom. The van der Waals surface area contributed by atoms with Gasteiger partial charge in [0.15, 0.2) is 0 Å². The van der Waals surface area contributed by atoms with E-state index in [9.17, 15) is 9.59 Å². The Balaban J connectivity index is 2.75. The lowest BCUT2D eigenvalue weighted by Crippen LogP contribution is -2.27. The molecule has 0 atom stereocenters. The Hall–Kier alpha value is -2.63. The Labute approximate surface area is 134 Å². The number of hydrogen-bond donors (Lipinski definition) is 1. The average molecular weight is 316 g/mol. The van der Waals surface area contributed by atoms with Gasteiger partial charge in [0, 0.05) is 18.6 Å². The molecule has 0 saturated carbocycles. The van der Waals surface area contributed by atoms with Crippen LogP contribution in [0.3, 0.4) is 0 Å². The van der Waals surface area contributed by atoms with Crippen molar-refractivity contribution < 1.29 is 19.4 Å². The van der Waals surface area contributed by atoms with E-state index in [1.165, 1.54) is 11.1 Å². The normalized spacial score (nSPS) is 10.6. The molecule has 1 aromatic heterocycles. The summed E-state index contributed by atoms with van der Waals surface area (Å²) in [6.45, 7) is 5.63. The van der Waals surface area contributed by atoms with Crippen LogP contribution in [0.2, 0.25) is 0 Å². The fourth-order valence-electron chi connectivity index (χ4n) is 2.70. The van der Waals surface area contributed by atoms with Crippen LogP contribution in [0.1, 0.15) is 28.4 Å². The van der Waals surface area contributed by atoms with E-state index in [-0.39, 0.29) is 18.7 Å². The van der Waals surface area contributed by atoms with Crippen LogP contribution >= 0.6 is 0 Å². The molecule has 6 heteroatoms. The number of fused-ring (bicyclic) bond motifs is 1. The number of nitrogens with zero attached hydrogens (tertiary/aromatic N) is 2. The maximum Gasteiger partial charge on any atom is 0.341 e. The minimum absolute atomic E-state index is 0.224. The summed E-state index contributed by atoms with van der Waals surface area (Å²) in [5, 5.41) is 9.83. The summed E-state index contributed by atoms with van der Waals surface area (Å²) in [4.78, 5) is 29.2. The van der Waals surface area contributed by atoms with Gasteiger partial charge in [-0.05, 0) is 32.4 Å². The van der Waals surface area contributed by atoms with Gasteiger partial charge in [0.1, 0.15) is 12.1 Å². The number of carbonyl (C=O) groups excluding carboxylic acids is 1. The number of esters is 1. The standard InChI is InChI=1S/C17H20N2O4/c1-5-23-17(22)13-8-18-15-11(3)6-10(2)7-12(15)16(13)19(4)9-14(20)21/h6-8H,5,9H2,1-4H3,(H,20,21). The molecule has 2 aromatic rings. The summed E-state index contributed by atoms with van der Waals surface area (Å²) in [6.07, 6.45) is 1.45. The summed E-state index contributed by atoms with van der Waals surface area (Å²) < 4.78 is 5.08. The molecule has 0 aliphatic rings. The minimum atomic E-state index is -0.975. The van der Waals surface area contributed by atoms with Crippen molar-refractivity contribution in [3.8, 4) is 0 Å². The fourth-order valence-corrected chi connectivity index (χ4v) is 2.70. The number of carboxylic acid groups (broad SMARTS) is 1. The molecule has 0 bridgehead atoms. The van der Waals surface area contributed by atoms with Crippen molar-refractivity contribution >= 4 is 28.5 Å². The third kappa shape index (κ3) is 3.41. The van der Waals surface area contributed by atoms with Gasteiger partial charge in [-0.2, -0.15) is 0 Å². The maximum absolute atomic E-state index is 12.2. The lowest BCUT2D eigenvalue weighted by Gasteiger charge is -2.22. The average Bonchev–Trinajstić information content (AvgIpc) is 2.45. The van der Waals surface area contributed by atoms with Crippen molar-refractivity contribution in [3.63, 3.8) is 0 Å². The molecule has 6 nitrogen and oxygen atoms in total. The van der Waals surface area contributed by atoms with Crippen LogP contribution < -0.4 is 4.90 Å². The third-order valence-corrected chi connectivity index (χ3v) is 3.53. The first-order valence-electron chi connectivity index (χ1n) is 7.35. The zero-order valence-electron chi connectivity index (χ0n) is 13.7. The number of ether oxygens (including phenoxy) is 1. The molecular weight excluding hydrogens is 296 g/mol. The number of anilines is 1. The van der Waals surface area contributed by atoms with E-state index in [1.54, 1.807) is 14.0 Å². The van der Waals surface area contributed by atoms with Crippen LogP contribution in [-0.4, -0.2) is 42.2 Å².